The van der Waals surface area contributed by atoms with Gasteiger partial charge in [-0.25, -0.2) is 9.59 Å². The van der Waals surface area contributed by atoms with E-state index in [0.29, 0.717) is 17.3 Å². The summed E-state index contributed by atoms with van der Waals surface area (Å²) in [6.07, 6.45) is 7.04. The molecule has 4 nitrogen and oxygen atoms in total. The normalized spacial score (nSPS) is 41.0. The van der Waals surface area contributed by atoms with Gasteiger partial charge in [0, 0.05) is 17.9 Å². The van der Waals surface area contributed by atoms with Crippen LogP contribution in [0.3, 0.4) is 0 Å². The van der Waals surface area contributed by atoms with Gasteiger partial charge in [-0.2, -0.15) is 0 Å². The molecule has 2 unspecified atom stereocenters. The molecule has 0 amide bonds. The first-order valence-electron chi connectivity index (χ1n) is 8.80. The Hall–Kier alpha value is -1.32. The van der Waals surface area contributed by atoms with E-state index in [4.69, 9.17) is 9.47 Å². The molecule has 128 valence electrons. The lowest BCUT2D eigenvalue weighted by molar-refractivity contribution is -0.240. The zero-order valence-corrected chi connectivity index (χ0v) is 14.5. The summed E-state index contributed by atoms with van der Waals surface area (Å²) < 4.78 is 10.9. The van der Waals surface area contributed by atoms with Crippen molar-refractivity contribution >= 4 is 11.9 Å². The molecular weight excluding hydrogens is 292 g/mol. The average Bonchev–Trinajstić information content (AvgIpc) is 2.46. The summed E-state index contributed by atoms with van der Waals surface area (Å²) >= 11 is 0. The molecule has 0 N–H and O–H groups in total. The van der Waals surface area contributed by atoms with Crippen molar-refractivity contribution in [2.24, 2.45) is 29.1 Å². The molecule has 0 aromatic rings. The zero-order chi connectivity index (χ0) is 16.8. The van der Waals surface area contributed by atoms with Crippen LogP contribution in [-0.4, -0.2) is 24.1 Å². The van der Waals surface area contributed by atoms with Crippen LogP contribution >= 0.6 is 0 Å². The maximum atomic E-state index is 12.3. The molecule has 0 aromatic heterocycles. The molecule has 23 heavy (non-hydrogen) atoms. The maximum Gasteiger partial charge on any atom is 0.344 e. The van der Waals surface area contributed by atoms with Crippen LogP contribution in [0.4, 0.5) is 0 Å². The summed E-state index contributed by atoms with van der Waals surface area (Å²) in [5.74, 6) is 0.946. The minimum atomic E-state index is -0.585. The van der Waals surface area contributed by atoms with Crippen LogP contribution in [0, 0.1) is 29.1 Å². The highest BCUT2D eigenvalue weighted by molar-refractivity contribution is 5.83. The Labute approximate surface area is 138 Å². The number of esters is 2. The largest absolute Gasteiger partial charge is 0.456 e. The van der Waals surface area contributed by atoms with Crippen LogP contribution in [0.2, 0.25) is 0 Å². The number of rotatable bonds is 5. The number of hydrogen-bond acceptors (Lipinski definition) is 4. The standard InChI is InChI=1S/C19H28O4/c1-5-16(20)22-11-17(21)23-19(12(2)3)14-6-13-7-15(19)10-18(4,8-13)9-14/h5,12-15H,1,6-11H2,2-4H3. The molecule has 4 saturated carbocycles. The van der Waals surface area contributed by atoms with Crippen molar-refractivity contribution in [3.05, 3.63) is 12.7 Å². The molecule has 4 aliphatic carbocycles. The van der Waals surface area contributed by atoms with E-state index in [9.17, 15) is 9.59 Å². The van der Waals surface area contributed by atoms with E-state index in [1.165, 1.54) is 19.3 Å². The molecular formula is C19H28O4. The second-order valence-electron chi connectivity index (χ2n) is 8.45. The van der Waals surface area contributed by atoms with Crippen LogP contribution < -0.4 is 0 Å². The van der Waals surface area contributed by atoms with Crippen molar-refractivity contribution in [2.75, 3.05) is 6.61 Å². The minimum absolute atomic E-state index is 0.278. The average molecular weight is 320 g/mol. The van der Waals surface area contributed by atoms with Gasteiger partial charge in [0.15, 0.2) is 6.61 Å². The first-order valence-corrected chi connectivity index (χ1v) is 8.80. The van der Waals surface area contributed by atoms with E-state index in [2.05, 4.69) is 27.4 Å². The Morgan fingerprint density at radius 3 is 2.30 bits per heavy atom. The summed E-state index contributed by atoms with van der Waals surface area (Å²) in [5.41, 5.74) is 0.0463. The zero-order valence-electron chi connectivity index (χ0n) is 14.5. The highest BCUT2D eigenvalue weighted by Gasteiger charge is 2.63. The lowest BCUT2D eigenvalue weighted by atomic mass is 9.43. The second kappa shape index (κ2) is 5.64. The quantitative estimate of drug-likeness (QED) is 0.575. The molecule has 0 spiro atoms. The smallest absolute Gasteiger partial charge is 0.344 e. The lowest BCUT2D eigenvalue weighted by Crippen LogP contribution is -2.64. The van der Waals surface area contributed by atoms with E-state index in [0.717, 1.165) is 24.8 Å². The van der Waals surface area contributed by atoms with Gasteiger partial charge in [0.1, 0.15) is 5.60 Å². The number of hydrogen-bond donors (Lipinski definition) is 0. The minimum Gasteiger partial charge on any atom is -0.456 e. The van der Waals surface area contributed by atoms with Crippen LogP contribution in [-0.2, 0) is 19.1 Å². The SMILES string of the molecule is C=CC(=O)OCC(=O)OC1(C(C)C)C2CC3CC1CC(C)(C3)C2. The molecule has 2 atom stereocenters. The van der Waals surface area contributed by atoms with Crippen molar-refractivity contribution in [1.29, 1.82) is 0 Å². The summed E-state index contributed by atoms with van der Waals surface area (Å²) in [6.45, 7) is 9.74. The Morgan fingerprint density at radius 2 is 1.83 bits per heavy atom. The number of carbonyl (C=O) groups is 2. The molecule has 4 rings (SSSR count). The van der Waals surface area contributed by atoms with Crippen molar-refractivity contribution in [3.8, 4) is 0 Å². The number of ether oxygens (including phenoxy) is 2. The summed E-state index contributed by atoms with van der Waals surface area (Å²) in [5, 5.41) is 0. The Bertz CT molecular complexity index is 505. The summed E-state index contributed by atoms with van der Waals surface area (Å²) in [4.78, 5) is 23.5. The first kappa shape index (κ1) is 16.5. The highest BCUT2D eigenvalue weighted by Crippen LogP contribution is 2.66. The molecule has 4 fully saturated rings. The van der Waals surface area contributed by atoms with Gasteiger partial charge < -0.3 is 9.47 Å². The lowest BCUT2D eigenvalue weighted by Gasteiger charge is -2.65. The van der Waals surface area contributed by atoms with Crippen LogP contribution in [0.15, 0.2) is 12.7 Å². The molecule has 0 aromatic carbocycles. The topological polar surface area (TPSA) is 52.6 Å². The Morgan fingerprint density at radius 1 is 1.22 bits per heavy atom. The molecule has 0 aliphatic heterocycles. The van der Waals surface area contributed by atoms with E-state index in [-0.39, 0.29) is 18.1 Å². The molecule has 4 aliphatic rings. The molecule has 0 saturated heterocycles. The predicted octanol–water partition coefficient (Wildman–Crippen LogP) is 3.50. The van der Waals surface area contributed by atoms with Gasteiger partial charge in [-0.05, 0) is 49.4 Å². The van der Waals surface area contributed by atoms with Gasteiger partial charge in [0.05, 0.1) is 0 Å². The van der Waals surface area contributed by atoms with E-state index in [1.54, 1.807) is 0 Å². The maximum absolute atomic E-state index is 12.3. The Kier molecular flexibility index (Phi) is 4.06. The van der Waals surface area contributed by atoms with Gasteiger partial charge in [-0.3, -0.25) is 0 Å². The van der Waals surface area contributed by atoms with Crippen LogP contribution in [0.1, 0.15) is 52.9 Å². The first-order chi connectivity index (χ1) is 10.8. The van der Waals surface area contributed by atoms with Crippen molar-refractivity contribution in [3.63, 3.8) is 0 Å². The third-order valence-corrected chi connectivity index (χ3v) is 6.46. The van der Waals surface area contributed by atoms with Gasteiger partial charge >= 0.3 is 11.9 Å². The fourth-order valence-electron chi connectivity index (χ4n) is 6.03. The monoisotopic (exact) mass is 320 g/mol. The van der Waals surface area contributed by atoms with Gasteiger partial charge in [-0.15, -0.1) is 0 Å². The van der Waals surface area contributed by atoms with E-state index >= 15 is 0 Å². The summed E-state index contributed by atoms with van der Waals surface area (Å²) in [7, 11) is 0. The number of carbonyl (C=O) groups excluding carboxylic acids is 2. The van der Waals surface area contributed by atoms with E-state index in [1.807, 2.05) is 0 Å². The van der Waals surface area contributed by atoms with Crippen molar-refractivity contribution < 1.29 is 19.1 Å². The highest BCUT2D eigenvalue weighted by atomic mass is 16.6. The van der Waals surface area contributed by atoms with Gasteiger partial charge in [0.2, 0.25) is 0 Å². The van der Waals surface area contributed by atoms with Crippen molar-refractivity contribution in [1.82, 2.24) is 0 Å². The summed E-state index contributed by atoms with van der Waals surface area (Å²) in [6, 6.07) is 0. The third kappa shape index (κ3) is 2.70. The molecule has 4 heteroatoms. The fourth-order valence-corrected chi connectivity index (χ4v) is 6.03. The third-order valence-electron chi connectivity index (χ3n) is 6.46. The van der Waals surface area contributed by atoms with Gasteiger partial charge in [-0.1, -0.05) is 27.4 Å². The van der Waals surface area contributed by atoms with Crippen molar-refractivity contribution in [2.45, 2.75) is 58.5 Å². The predicted molar refractivity (Wildman–Crippen MR) is 86.5 cm³/mol. The van der Waals surface area contributed by atoms with Gasteiger partial charge in [0.25, 0.3) is 0 Å². The molecule has 0 heterocycles. The Balaban J connectivity index is 1.77. The molecule has 4 bridgehead atoms. The molecule has 0 radical (unpaired) electrons. The van der Waals surface area contributed by atoms with E-state index < -0.39 is 11.9 Å². The van der Waals surface area contributed by atoms with Crippen LogP contribution in [0.5, 0.6) is 0 Å². The van der Waals surface area contributed by atoms with Crippen LogP contribution in [0.25, 0.3) is 0 Å². The fraction of sp³-hybridized carbons (Fsp3) is 0.789. The second-order valence-corrected chi connectivity index (χ2v) is 8.45.